The van der Waals surface area contributed by atoms with Gasteiger partial charge >= 0.3 is 0 Å². The minimum Gasteiger partial charge on any atom is -0.321 e. The third-order valence-electron chi connectivity index (χ3n) is 7.17. The fraction of sp³-hybridized carbons (Fsp3) is 0.207. The van der Waals surface area contributed by atoms with Crippen LogP contribution in [0.4, 0.5) is 4.39 Å². The first-order chi connectivity index (χ1) is 18.7. The van der Waals surface area contributed by atoms with Crippen LogP contribution in [0.15, 0.2) is 67.3 Å². The molecule has 0 amide bonds. The van der Waals surface area contributed by atoms with Gasteiger partial charge in [0.2, 0.25) is 0 Å². The van der Waals surface area contributed by atoms with Gasteiger partial charge in [-0.05, 0) is 55.8 Å². The molecule has 6 aromatic rings. The van der Waals surface area contributed by atoms with Crippen molar-refractivity contribution in [1.29, 1.82) is 0 Å². The molecule has 0 aliphatic carbocycles. The number of hydrogen-bond donors (Lipinski definition) is 2. The summed E-state index contributed by atoms with van der Waals surface area (Å²) in [6.07, 6.45) is 11.1. The van der Waals surface area contributed by atoms with E-state index in [1.165, 1.54) is 30.9 Å². The highest BCUT2D eigenvalue weighted by atomic mass is 19.1. The standard InChI is InChI=1S/C29H25FN8/c30-24-7-3-2-6-21(24)22-8-9-32-28-25(22)34-29(35-28)26-23-13-20(16-33-27(23)37-36-26)19-12-18(14-31-15-19)17-38-10-4-1-5-11-38/h2-3,6-9,12-16H,1,4-5,10-11,17H2,(H,32,34,35)(H,33,36,37). The number of nitrogens with zero attached hydrogens (tertiary/aromatic N) is 6. The summed E-state index contributed by atoms with van der Waals surface area (Å²) in [5.41, 5.74) is 6.74. The van der Waals surface area contributed by atoms with E-state index in [1.54, 1.807) is 24.4 Å². The largest absolute Gasteiger partial charge is 0.321 e. The molecule has 1 fully saturated rings. The molecule has 0 radical (unpaired) electrons. The van der Waals surface area contributed by atoms with Crippen LogP contribution in [0.5, 0.6) is 0 Å². The van der Waals surface area contributed by atoms with Crippen molar-refractivity contribution < 1.29 is 4.39 Å². The lowest BCUT2D eigenvalue weighted by Crippen LogP contribution is -2.29. The summed E-state index contributed by atoms with van der Waals surface area (Å²) in [6, 6.07) is 12.7. The summed E-state index contributed by atoms with van der Waals surface area (Å²) in [6.45, 7) is 3.19. The van der Waals surface area contributed by atoms with Gasteiger partial charge in [-0.15, -0.1) is 0 Å². The highest BCUT2D eigenvalue weighted by molar-refractivity contribution is 5.96. The number of piperidine rings is 1. The molecule has 1 aliphatic rings. The first-order valence-electron chi connectivity index (χ1n) is 12.8. The summed E-state index contributed by atoms with van der Waals surface area (Å²) in [7, 11) is 0. The fourth-order valence-corrected chi connectivity index (χ4v) is 5.27. The van der Waals surface area contributed by atoms with Gasteiger partial charge < -0.3 is 4.98 Å². The van der Waals surface area contributed by atoms with E-state index in [4.69, 9.17) is 4.98 Å². The van der Waals surface area contributed by atoms with E-state index < -0.39 is 0 Å². The Labute approximate surface area is 218 Å². The van der Waals surface area contributed by atoms with Gasteiger partial charge in [0, 0.05) is 53.6 Å². The molecule has 7 rings (SSSR count). The fourth-order valence-electron chi connectivity index (χ4n) is 5.27. The zero-order valence-corrected chi connectivity index (χ0v) is 20.7. The zero-order chi connectivity index (χ0) is 25.5. The van der Waals surface area contributed by atoms with Crippen molar-refractivity contribution in [2.24, 2.45) is 0 Å². The number of benzene rings is 1. The van der Waals surface area contributed by atoms with Crippen LogP contribution in [0.1, 0.15) is 24.8 Å². The number of imidazole rings is 1. The molecule has 1 saturated heterocycles. The Morgan fingerprint density at radius 3 is 2.63 bits per heavy atom. The number of pyridine rings is 3. The molecule has 9 heteroatoms. The average Bonchev–Trinajstić information content (AvgIpc) is 3.58. The van der Waals surface area contributed by atoms with Gasteiger partial charge in [0.25, 0.3) is 0 Å². The number of hydrogen-bond acceptors (Lipinski definition) is 6. The second kappa shape index (κ2) is 9.42. The van der Waals surface area contributed by atoms with E-state index in [2.05, 4.69) is 47.2 Å². The first-order valence-corrected chi connectivity index (χ1v) is 12.8. The van der Waals surface area contributed by atoms with Crippen molar-refractivity contribution >= 4 is 22.2 Å². The van der Waals surface area contributed by atoms with Crippen LogP contribution in [-0.2, 0) is 6.54 Å². The quantitative estimate of drug-likeness (QED) is 0.310. The number of halogens is 1. The highest BCUT2D eigenvalue weighted by Gasteiger charge is 2.18. The molecular weight excluding hydrogens is 479 g/mol. The lowest BCUT2D eigenvalue weighted by atomic mass is 10.1. The topological polar surface area (TPSA) is 99.3 Å². The van der Waals surface area contributed by atoms with Crippen LogP contribution in [0.25, 0.3) is 56.0 Å². The Hall–Kier alpha value is -4.50. The molecule has 188 valence electrons. The van der Waals surface area contributed by atoms with Crippen molar-refractivity contribution in [1.82, 2.24) is 40.0 Å². The van der Waals surface area contributed by atoms with Crippen LogP contribution in [0, 0.1) is 5.82 Å². The van der Waals surface area contributed by atoms with Crippen LogP contribution in [-0.4, -0.2) is 53.1 Å². The van der Waals surface area contributed by atoms with Gasteiger partial charge in [-0.3, -0.25) is 15.0 Å². The predicted octanol–water partition coefficient (Wildman–Crippen LogP) is 5.75. The molecule has 8 nitrogen and oxygen atoms in total. The molecule has 2 N–H and O–H groups in total. The summed E-state index contributed by atoms with van der Waals surface area (Å²) >= 11 is 0. The average molecular weight is 505 g/mol. The van der Waals surface area contributed by atoms with Crippen LogP contribution in [0.2, 0.25) is 0 Å². The highest BCUT2D eigenvalue weighted by Crippen LogP contribution is 2.32. The Bertz CT molecular complexity index is 1770. The van der Waals surface area contributed by atoms with Crippen molar-refractivity contribution in [3.63, 3.8) is 0 Å². The number of fused-ring (bicyclic) bond motifs is 2. The molecule has 0 unspecified atom stereocenters. The summed E-state index contributed by atoms with van der Waals surface area (Å²) in [4.78, 5) is 24.1. The Morgan fingerprint density at radius 2 is 1.74 bits per heavy atom. The molecular formula is C29H25FN8. The maximum Gasteiger partial charge on any atom is 0.161 e. The number of aromatic amines is 2. The van der Waals surface area contributed by atoms with Gasteiger partial charge in [-0.25, -0.2) is 19.3 Å². The molecule has 0 spiro atoms. The number of likely N-dealkylation sites (tertiary alicyclic amines) is 1. The Kier molecular flexibility index (Phi) is 5.62. The molecule has 0 bridgehead atoms. The smallest absolute Gasteiger partial charge is 0.161 e. The molecule has 1 aliphatic heterocycles. The minimum atomic E-state index is -0.306. The Morgan fingerprint density at radius 1 is 0.868 bits per heavy atom. The van der Waals surface area contributed by atoms with E-state index >= 15 is 0 Å². The number of aromatic nitrogens is 7. The molecule has 6 heterocycles. The van der Waals surface area contributed by atoms with Crippen molar-refractivity contribution in [2.45, 2.75) is 25.8 Å². The van der Waals surface area contributed by atoms with E-state index in [9.17, 15) is 4.39 Å². The van der Waals surface area contributed by atoms with Gasteiger partial charge in [0.15, 0.2) is 17.1 Å². The number of rotatable bonds is 5. The van der Waals surface area contributed by atoms with E-state index in [-0.39, 0.29) is 5.82 Å². The van der Waals surface area contributed by atoms with Crippen molar-refractivity contribution in [2.75, 3.05) is 13.1 Å². The second-order valence-corrected chi connectivity index (χ2v) is 9.73. The molecule has 38 heavy (non-hydrogen) atoms. The van der Waals surface area contributed by atoms with Crippen LogP contribution < -0.4 is 0 Å². The van der Waals surface area contributed by atoms with Gasteiger partial charge in [-0.1, -0.05) is 24.6 Å². The van der Waals surface area contributed by atoms with E-state index in [0.29, 0.717) is 39.5 Å². The molecule has 1 aromatic carbocycles. The Balaban J connectivity index is 1.26. The maximum absolute atomic E-state index is 14.6. The zero-order valence-electron chi connectivity index (χ0n) is 20.7. The summed E-state index contributed by atoms with van der Waals surface area (Å²) < 4.78 is 14.6. The van der Waals surface area contributed by atoms with Gasteiger partial charge in [0.1, 0.15) is 17.0 Å². The second-order valence-electron chi connectivity index (χ2n) is 9.73. The maximum atomic E-state index is 14.6. The molecule has 0 atom stereocenters. The molecule has 0 saturated carbocycles. The third kappa shape index (κ3) is 4.10. The number of H-pyrrole nitrogens is 2. The SMILES string of the molecule is Fc1ccccc1-c1ccnc2[nH]c(-c3n[nH]c4ncc(-c5cncc(CN6CCCCC6)c5)cc34)nc12. The van der Waals surface area contributed by atoms with E-state index in [1.807, 2.05) is 24.7 Å². The first kappa shape index (κ1) is 22.7. The predicted molar refractivity (Wildman–Crippen MR) is 145 cm³/mol. The molecule has 5 aromatic heterocycles. The lowest BCUT2D eigenvalue weighted by molar-refractivity contribution is 0.220. The third-order valence-corrected chi connectivity index (χ3v) is 7.17. The monoisotopic (exact) mass is 504 g/mol. The van der Waals surface area contributed by atoms with Crippen LogP contribution >= 0.6 is 0 Å². The lowest BCUT2D eigenvalue weighted by Gasteiger charge is -2.26. The van der Waals surface area contributed by atoms with E-state index in [0.717, 1.165) is 36.1 Å². The van der Waals surface area contributed by atoms with Crippen molar-refractivity contribution in [3.8, 4) is 33.8 Å². The summed E-state index contributed by atoms with van der Waals surface area (Å²) in [5.74, 6) is 0.234. The van der Waals surface area contributed by atoms with Gasteiger partial charge in [-0.2, -0.15) is 5.10 Å². The normalized spacial score (nSPS) is 14.4. The van der Waals surface area contributed by atoms with Crippen molar-refractivity contribution in [3.05, 3.63) is 78.6 Å². The summed E-state index contributed by atoms with van der Waals surface area (Å²) in [5, 5.41) is 8.34. The number of nitrogens with one attached hydrogen (secondary N) is 2. The van der Waals surface area contributed by atoms with Gasteiger partial charge in [0.05, 0.1) is 5.39 Å². The van der Waals surface area contributed by atoms with Crippen LogP contribution in [0.3, 0.4) is 0 Å². The minimum absolute atomic E-state index is 0.306.